The molecule has 8 nitrogen and oxygen atoms in total. The average molecular weight is 393 g/mol. The summed E-state index contributed by atoms with van der Waals surface area (Å²) in [6.07, 6.45) is 2.32. The van der Waals surface area contributed by atoms with E-state index in [2.05, 4.69) is 10.3 Å². The lowest BCUT2D eigenvalue weighted by Crippen LogP contribution is -2.44. The molecular weight excluding hydrogens is 360 g/mol. The first kappa shape index (κ1) is 21.8. The summed E-state index contributed by atoms with van der Waals surface area (Å²) < 4.78 is 16.6. The fourth-order valence-corrected chi connectivity index (χ4v) is 2.68. The number of aliphatic imine (C=N–C) groups is 1. The van der Waals surface area contributed by atoms with E-state index in [1.54, 1.807) is 21.2 Å². The maximum atomic E-state index is 11.9. The van der Waals surface area contributed by atoms with E-state index in [0.29, 0.717) is 25.7 Å². The Kier molecular flexibility index (Phi) is 8.87. The van der Waals surface area contributed by atoms with E-state index >= 15 is 0 Å². The molecule has 0 spiro atoms. The Morgan fingerprint density at radius 2 is 1.96 bits per heavy atom. The Balaban J connectivity index is 1.87. The van der Waals surface area contributed by atoms with Crippen LogP contribution in [-0.4, -0.2) is 88.9 Å². The van der Waals surface area contributed by atoms with Gasteiger partial charge in [0.05, 0.1) is 19.8 Å². The first-order valence-electron chi connectivity index (χ1n) is 9.57. The molecule has 1 aromatic rings. The van der Waals surface area contributed by atoms with Crippen molar-refractivity contribution in [1.82, 2.24) is 15.1 Å². The van der Waals surface area contributed by atoms with Crippen molar-refractivity contribution in [3.8, 4) is 11.5 Å². The third kappa shape index (κ3) is 7.26. The van der Waals surface area contributed by atoms with E-state index in [1.807, 2.05) is 36.2 Å². The van der Waals surface area contributed by atoms with Crippen LogP contribution in [0.3, 0.4) is 0 Å². The number of rotatable bonds is 9. The number of methoxy groups -OCH3 is 1. The highest BCUT2D eigenvalue weighted by Crippen LogP contribution is 2.16. The second kappa shape index (κ2) is 11.4. The number of carbonyl (C=O) groups is 1. The molecule has 28 heavy (non-hydrogen) atoms. The summed E-state index contributed by atoms with van der Waals surface area (Å²) in [5.74, 6) is 2.20. The predicted molar refractivity (Wildman–Crippen MR) is 109 cm³/mol. The minimum absolute atomic E-state index is 0.0423. The topological polar surface area (TPSA) is 75.6 Å². The molecule has 2 rings (SSSR count). The van der Waals surface area contributed by atoms with Gasteiger partial charge in [-0.25, -0.2) is 4.99 Å². The maximum Gasteiger partial charge on any atom is 0.243 e. The second-order valence-corrected chi connectivity index (χ2v) is 6.89. The van der Waals surface area contributed by atoms with Gasteiger partial charge in [-0.05, 0) is 37.1 Å². The minimum Gasteiger partial charge on any atom is -0.497 e. The molecule has 1 amide bonds. The van der Waals surface area contributed by atoms with E-state index in [9.17, 15) is 4.79 Å². The number of nitrogens with one attached hydrogen (secondary N) is 1. The normalized spacial score (nSPS) is 16.6. The van der Waals surface area contributed by atoms with Gasteiger partial charge in [0, 0.05) is 34.3 Å². The number of amides is 1. The van der Waals surface area contributed by atoms with Crippen molar-refractivity contribution in [2.24, 2.45) is 4.99 Å². The largest absolute Gasteiger partial charge is 0.497 e. The number of likely N-dealkylation sites (N-methyl/N-ethyl adjacent to an activating group) is 2. The van der Waals surface area contributed by atoms with Gasteiger partial charge in [0.1, 0.15) is 24.7 Å². The van der Waals surface area contributed by atoms with Crippen molar-refractivity contribution in [2.75, 3.05) is 61.1 Å². The van der Waals surface area contributed by atoms with Gasteiger partial charge in [0.2, 0.25) is 5.91 Å². The summed E-state index contributed by atoms with van der Waals surface area (Å²) in [6.45, 7) is 2.71. The van der Waals surface area contributed by atoms with Gasteiger partial charge in [-0.3, -0.25) is 4.79 Å². The Hall–Kier alpha value is -2.48. The fourth-order valence-electron chi connectivity index (χ4n) is 2.68. The molecule has 0 aromatic heterocycles. The molecule has 1 heterocycles. The molecular formula is C20H32N4O4. The van der Waals surface area contributed by atoms with Gasteiger partial charge in [-0.15, -0.1) is 0 Å². The van der Waals surface area contributed by atoms with Crippen LogP contribution in [0.2, 0.25) is 0 Å². The van der Waals surface area contributed by atoms with Crippen molar-refractivity contribution < 1.29 is 19.0 Å². The number of carbonyl (C=O) groups excluding carboxylic acids is 1. The Morgan fingerprint density at radius 3 is 2.57 bits per heavy atom. The number of ether oxygens (including phenoxy) is 3. The molecule has 1 aliphatic heterocycles. The average Bonchev–Trinajstić information content (AvgIpc) is 3.21. The monoisotopic (exact) mass is 392 g/mol. The Morgan fingerprint density at radius 1 is 1.25 bits per heavy atom. The molecule has 0 saturated carbocycles. The zero-order chi connectivity index (χ0) is 20.4. The summed E-state index contributed by atoms with van der Waals surface area (Å²) in [4.78, 5) is 19.9. The third-order valence-corrected chi connectivity index (χ3v) is 4.49. The van der Waals surface area contributed by atoms with Crippen molar-refractivity contribution in [2.45, 2.75) is 18.9 Å². The number of hydrogen-bond donors (Lipinski definition) is 1. The van der Waals surface area contributed by atoms with Gasteiger partial charge in [-0.1, -0.05) is 0 Å². The third-order valence-electron chi connectivity index (χ3n) is 4.49. The van der Waals surface area contributed by atoms with Crippen LogP contribution in [0.25, 0.3) is 0 Å². The van der Waals surface area contributed by atoms with E-state index in [1.165, 1.54) is 4.90 Å². The van der Waals surface area contributed by atoms with E-state index in [-0.39, 0.29) is 18.6 Å². The number of guanidine groups is 1. The van der Waals surface area contributed by atoms with Crippen LogP contribution < -0.4 is 14.8 Å². The summed E-state index contributed by atoms with van der Waals surface area (Å²) >= 11 is 0. The zero-order valence-corrected chi connectivity index (χ0v) is 17.3. The number of hydrogen-bond acceptors (Lipinski definition) is 5. The van der Waals surface area contributed by atoms with Gasteiger partial charge < -0.3 is 29.3 Å². The molecule has 1 unspecified atom stereocenters. The molecule has 1 saturated heterocycles. The van der Waals surface area contributed by atoms with Crippen LogP contribution in [-0.2, 0) is 9.53 Å². The zero-order valence-electron chi connectivity index (χ0n) is 17.3. The van der Waals surface area contributed by atoms with Gasteiger partial charge >= 0.3 is 0 Å². The molecule has 0 radical (unpaired) electrons. The van der Waals surface area contributed by atoms with Crippen LogP contribution in [0.4, 0.5) is 0 Å². The molecule has 1 atom stereocenters. The van der Waals surface area contributed by atoms with Crippen molar-refractivity contribution in [3.05, 3.63) is 24.3 Å². The van der Waals surface area contributed by atoms with Crippen molar-refractivity contribution in [1.29, 1.82) is 0 Å². The van der Waals surface area contributed by atoms with Crippen LogP contribution >= 0.6 is 0 Å². The first-order valence-corrected chi connectivity index (χ1v) is 9.57. The molecule has 156 valence electrons. The van der Waals surface area contributed by atoms with Gasteiger partial charge in [0.25, 0.3) is 0 Å². The van der Waals surface area contributed by atoms with Gasteiger partial charge in [0.15, 0.2) is 5.96 Å². The molecule has 1 aliphatic rings. The van der Waals surface area contributed by atoms with Crippen molar-refractivity contribution in [3.63, 3.8) is 0 Å². The minimum atomic E-state index is -0.0423. The lowest BCUT2D eigenvalue weighted by atomic mass is 10.2. The molecule has 1 fully saturated rings. The van der Waals surface area contributed by atoms with E-state index in [4.69, 9.17) is 14.2 Å². The van der Waals surface area contributed by atoms with Crippen LogP contribution in [0.5, 0.6) is 11.5 Å². The number of benzene rings is 1. The lowest BCUT2D eigenvalue weighted by molar-refractivity contribution is -0.127. The summed E-state index contributed by atoms with van der Waals surface area (Å²) in [6, 6.07) is 7.47. The van der Waals surface area contributed by atoms with E-state index in [0.717, 1.165) is 30.9 Å². The molecule has 0 aliphatic carbocycles. The van der Waals surface area contributed by atoms with Crippen LogP contribution in [0, 0.1) is 0 Å². The molecule has 1 aromatic carbocycles. The summed E-state index contributed by atoms with van der Waals surface area (Å²) in [5.41, 5.74) is 0. The maximum absolute atomic E-state index is 11.9. The molecule has 8 heteroatoms. The molecule has 1 N–H and O–H groups in total. The fraction of sp³-hybridized carbons (Fsp3) is 0.600. The number of nitrogens with zero attached hydrogens (tertiary/aromatic N) is 3. The van der Waals surface area contributed by atoms with Crippen LogP contribution in [0.1, 0.15) is 12.8 Å². The summed E-state index contributed by atoms with van der Waals surface area (Å²) in [7, 11) is 7.02. The first-order chi connectivity index (χ1) is 13.5. The smallest absolute Gasteiger partial charge is 0.243 e. The quantitative estimate of drug-likeness (QED) is 0.503. The standard InChI is InChI=1S/C20H32N4O4/c1-23(2)19(25)15-22-20(21-14-18-6-5-12-27-18)24(3)11-13-28-17-9-7-16(26-4)8-10-17/h7-10,18H,5-6,11-15H2,1-4H3,(H,21,22). The highest BCUT2D eigenvalue weighted by Gasteiger charge is 2.17. The van der Waals surface area contributed by atoms with Gasteiger partial charge in [-0.2, -0.15) is 0 Å². The van der Waals surface area contributed by atoms with Crippen LogP contribution in [0.15, 0.2) is 29.3 Å². The van der Waals surface area contributed by atoms with Crippen molar-refractivity contribution >= 4 is 11.9 Å². The lowest BCUT2D eigenvalue weighted by Gasteiger charge is -2.24. The highest BCUT2D eigenvalue weighted by molar-refractivity contribution is 5.84. The Labute approximate surface area is 167 Å². The second-order valence-electron chi connectivity index (χ2n) is 6.89. The molecule has 0 bridgehead atoms. The Bertz CT molecular complexity index is 628. The van der Waals surface area contributed by atoms with E-state index < -0.39 is 0 Å². The highest BCUT2D eigenvalue weighted by atomic mass is 16.5. The SMILES string of the molecule is COc1ccc(OCCN(C)C(=NCC(=O)N(C)C)NCC2CCCO2)cc1. The summed E-state index contributed by atoms with van der Waals surface area (Å²) in [5, 5.41) is 3.33. The predicted octanol–water partition coefficient (Wildman–Crippen LogP) is 1.22.